The van der Waals surface area contributed by atoms with E-state index in [4.69, 9.17) is 21.3 Å². The molecule has 0 aliphatic carbocycles. The molecule has 2 saturated heterocycles. The first-order valence-corrected chi connectivity index (χ1v) is 18.2. The van der Waals surface area contributed by atoms with Crippen molar-refractivity contribution < 1.29 is 9.30 Å². The second-order valence-corrected chi connectivity index (χ2v) is 15.7. The maximum atomic E-state index is 13.4. The minimum Gasteiger partial charge on any atom is -0.479 e. The van der Waals surface area contributed by atoms with Crippen LogP contribution in [0.4, 0.5) is 29.0 Å². The van der Waals surface area contributed by atoms with Gasteiger partial charge >= 0.3 is 0 Å². The fourth-order valence-electron chi connectivity index (χ4n) is 6.21. The zero-order valence-corrected chi connectivity index (χ0v) is 28.1. The Morgan fingerprint density at radius 1 is 0.956 bits per heavy atom. The van der Waals surface area contributed by atoms with Gasteiger partial charge in [0.15, 0.2) is 5.82 Å². The molecular formula is C31H40ClN10O2P. The fraction of sp³-hybridized carbons (Fsp3) is 0.452. The van der Waals surface area contributed by atoms with Gasteiger partial charge in [-0.3, -0.25) is 14.9 Å². The van der Waals surface area contributed by atoms with Gasteiger partial charge in [-0.25, -0.2) is 4.98 Å². The molecule has 4 aromatic rings. The van der Waals surface area contributed by atoms with Crippen LogP contribution in [0.2, 0.25) is 5.02 Å². The third kappa shape index (κ3) is 6.84. The number of nitrogens with one attached hydrogen (secondary N) is 2. The summed E-state index contributed by atoms with van der Waals surface area (Å²) in [7, 11) is 1.04. The Bertz CT molecular complexity index is 1740. The van der Waals surface area contributed by atoms with E-state index in [1.807, 2.05) is 18.2 Å². The van der Waals surface area contributed by atoms with Crippen molar-refractivity contribution in [1.82, 2.24) is 34.7 Å². The first-order chi connectivity index (χ1) is 21.6. The molecule has 2 N–H and O–H groups in total. The number of hydrogen-bond donors (Lipinski definition) is 2. The summed E-state index contributed by atoms with van der Waals surface area (Å²) in [5, 5.41) is 7.42. The second-order valence-electron chi connectivity index (χ2n) is 12.1. The van der Waals surface area contributed by atoms with Crippen molar-refractivity contribution >= 4 is 64.0 Å². The van der Waals surface area contributed by atoms with Gasteiger partial charge in [-0.2, -0.15) is 9.97 Å². The molecule has 2 fully saturated rings. The van der Waals surface area contributed by atoms with E-state index in [0.717, 1.165) is 63.5 Å². The number of piperidine rings is 1. The van der Waals surface area contributed by atoms with Crippen molar-refractivity contribution in [1.29, 1.82) is 0 Å². The molecule has 0 atom stereocenters. The molecule has 1 aromatic carbocycles. The summed E-state index contributed by atoms with van der Waals surface area (Å²) in [6.07, 6.45) is 6.97. The molecular weight excluding hydrogens is 611 g/mol. The molecule has 238 valence electrons. The number of aromatic nitrogens is 5. The summed E-state index contributed by atoms with van der Waals surface area (Å²) in [6, 6.07) is 6.29. The van der Waals surface area contributed by atoms with Crippen LogP contribution in [0.1, 0.15) is 18.4 Å². The maximum absolute atomic E-state index is 13.4. The summed E-state index contributed by atoms with van der Waals surface area (Å²) in [5.74, 6) is 2.05. The number of anilines is 5. The summed E-state index contributed by atoms with van der Waals surface area (Å²) in [6.45, 7) is 12.0. The minimum atomic E-state index is -2.77. The van der Waals surface area contributed by atoms with Gasteiger partial charge < -0.3 is 29.7 Å². The second kappa shape index (κ2) is 13.0. The number of rotatable bonds is 8. The summed E-state index contributed by atoms with van der Waals surface area (Å²) < 4.78 is 19.1. The molecule has 12 nitrogen and oxygen atoms in total. The van der Waals surface area contributed by atoms with E-state index < -0.39 is 7.14 Å². The van der Waals surface area contributed by atoms with Gasteiger partial charge in [-0.1, -0.05) is 11.6 Å². The van der Waals surface area contributed by atoms with E-state index in [-0.39, 0.29) is 0 Å². The standard InChI is InChI=1S/C31H40ClN10O2P/c1-20-18-25(30(44-3)39-29(20)42-12-8-21(9-13-42)41-16-14-40(2)15-17-41)37-31-35-19-22(32)28(38-31)36-24-7-6-23-26(34-11-10-33-23)27(24)45(4,5)43/h6-7,10-11,18-19,21H,8-9,12-17H2,1-5H3,(H2,35,36,37,38). The Labute approximate surface area is 269 Å². The maximum Gasteiger partial charge on any atom is 0.239 e. The Morgan fingerprint density at radius 3 is 2.40 bits per heavy atom. The van der Waals surface area contributed by atoms with Crippen LogP contribution in [0.25, 0.3) is 11.0 Å². The van der Waals surface area contributed by atoms with Crippen LogP contribution in [0.5, 0.6) is 5.88 Å². The molecule has 3 aromatic heterocycles. The molecule has 0 radical (unpaired) electrons. The lowest BCUT2D eigenvalue weighted by atomic mass is 10.0. The molecule has 0 unspecified atom stereocenters. The Hall–Kier alpha value is -3.57. The van der Waals surface area contributed by atoms with Gasteiger partial charge in [-0.15, -0.1) is 0 Å². The highest BCUT2D eigenvalue weighted by atomic mass is 35.5. The normalized spacial score (nSPS) is 17.1. The number of likely N-dealkylation sites (N-methyl/N-ethyl adjacent to an activating group) is 1. The van der Waals surface area contributed by atoms with Crippen LogP contribution in [0, 0.1) is 6.92 Å². The molecule has 5 heterocycles. The first kappa shape index (κ1) is 31.4. The monoisotopic (exact) mass is 650 g/mol. The smallest absolute Gasteiger partial charge is 0.239 e. The number of hydrogen-bond acceptors (Lipinski definition) is 12. The minimum absolute atomic E-state index is 0.306. The quantitative estimate of drug-likeness (QED) is 0.256. The summed E-state index contributed by atoms with van der Waals surface area (Å²) in [5.41, 5.74) is 3.52. The zero-order valence-electron chi connectivity index (χ0n) is 26.4. The van der Waals surface area contributed by atoms with Crippen LogP contribution < -0.4 is 25.6 Å². The van der Waals surface area contributed by atoms with Crippen LogP contribution in [-0.2, 0) is 4.57 Å². The molecule has 14 heteroatoms. The predicted molar refractivity (Wildman–Crippen MR) is 182 cm³/mol. The lowest BCUT2D eigenvalue weighted by Crippen LogP contribution is -2.52. The highest BCUT2D eigenvalue weighted by Crippen LogP contribution is 2.41. The molecule has 2 aliphatic rings. The molecule has 45 heavy (non-hydrogen) atoms. The van der Waals surface area contributed by atoms with Crippen LogP contribution >= 0.6 is 18.7 Å². The average Bonchev–Trinajstić information content (AvgIpc) is 3.02. The number of pyridine rings is 1. The van der Waals surface area contributed by atoms with Gasteiger partial charge in [0.05, 0.1) is 29.8 Å². The largest absolute Gasteiger partial charge is 0.479 e. The number of benzene rings is 1. The fourth-order valence-corrected chi connectivity index (χ4v) is 7.74. The number of ether oxygens (including phenoxy) is 1. The number of fused-ring (bicyclic) bond motifs is 1. The Morgan fingerprint density at radius 2 is 1.69 bits per heavy atom. The molecule has 0 bridgehead atoms. The van der Waals surface area contributed by atoms with Gasteiger partial charge in [0.25, 0.3) is 0 Å². The summed E-state index contributed by atoms with van der Waals surface area (Å²) >= 11 is 6.53. The lowest BCUT2D eigenvalue weighted by Gasteiger charge is -2.42. The number of nitrogens with zero attached hydrogens (tertiary/aromatic N) is 8. The number of methoxy groups -OCH3 is 1. The summed E-state index contributed by atoms with van der Waals surface area (Å²) in [4.78, 5) is 30.2. The van der Waals surface area contributed by atoms with Gasteiger partial charge in [0, 0.05) is 57.7 Å². The van der Waals surface area contributed by atoms with Crippen molar-refractivity contribution in [2.24, 2.45) is 0 Å². The van der Waals surface area contributed by atoms with E-state index in [1.165, 1.54) is 6.20 Å². The van der Waals surface area contributed by atoms with Gasteiger partial charge in [0.2, 0.25) is 11.8 Å². The Balaban J connectivity index is 1.21. The van der Waals surface area contributed by atoms with Crippen molar-refractivity contribution in [3.8, 4) is 5.88 Å². The third-order valence-electron chi connectivity index (χ3n) is 8.56. The van der Waals surface area contributed by atoms with Crippen molar-refractivity contribution in [2.45, 2.75) is 25.8 Å². The van der Waals surface area contributed by atoms with Crippen LogP contribution in [-0.4, -0.2) is 108 Å². The molecule has 0 saturated carbocycles. The van der Waals surface area contributed by atoms with Gasteiger partial charge in [0.1, 0.15) is 29.2 Å². The number of piperazine rings is 1. The van der Waals surface area contributed by atoms with E-state index in [9.17, 15) is 4.57 Å². The van der Waals surface area contributed by atoms with Crippen molar-refractivity contribution in [3.63, 3.8) is 0 Å². The van der Waals surface area contributed by atoms with E-state index in [0.29, 0.717) is 56.4 Å². The predicted octanol–water partition coefficient (Wildman–Crippen LogP) is 4.74. The van der Waals surface area contributed by atoms with Crippen molar-refractivity contribution in [3.05, 3.63) is 47.4 Å². The van der Waals surface area contributed by atoms with Gasteiger partial charge in [-0.05, 0) is 63.9 Å². The zero-order chi connectivity index (χ0) is 31.7. The van der Waals surface area contributed by atoms with E-state index in [2.05, 4.69) is 59.2 Å². The number of halogens is 1. The number of aryl methyl sites for hydroxylation is 1. The first-order valence-electron chi connectivity index (χ1n) is 15.2. The van der Waals surface area contributed by atoms with Crippen molar-refractivity contribution in [2.75, 3.05) is 82.3 Å². The van der Waals surface area contributed by atoms with E-state index >= 15 is 0 Å². The Kier molecular flexibility index (Phi) is 9.10. The SMILES string of the molecule is COc1nc(N2CCC(N3CCN(C)CC3)CC2)c(C)cc1Nc1ncc(Cl)c(Nc2ccc3nccnc3c2P(C)(C)=O)n1. The van der Waals surface area contributed by atoms with Crippen LogP contribution in [0.15, 0.2) is 36.8 Å². The molecule has 0 amide bonds. The van der Waals surface area contributed by atoms with Crippen LogP contribution in [0.3, 0.4) is 0 Å². The lowest BCUT2D eigenvalue weighted by molar-refractivity contribution is 0.0981. The average molecular weight is 651 g/mol. The van der Waals surface area contributed by atoms with E-state index in [1.54, 1.807) is 32.8 Å². The molecule has 0 spiro atoms. The molecule has 2 aliphatic heterocycles. The molecule has 6 rings (SSSR count). The topological polar surface area (TPSA) is 125 Å². The highest BCUT2D eigenvalue weighted by molar-refractivity contribution is 7.71. The highest BCUT2D eigenvalue weighted by Gasteiger charge is 2.28. The third-order valence-corrected chi connectivity index (χ3v) is 10.4.